The fourth-order valence-electron chi connectivity index (χ4n) is 3.50. The molecule has 8 nitrogen and oxygen atoms in total. The lowest BCUT2D eigenvalue weighted by Gasteiger charge is -2.40. The molecule has 2 amide bonds. The molecule has 1 aliphatic carbocycles. The highest BCUT2D eigenvalue weighted by atomic mass is 127. The van der Waals surface area contributed by atoms with Gasteiger partial charge in [-0.15, -0.1) is 6.58 Å². The van der Waals surface area contributed by atoms with Crippen LogP contribution in [0.25, 0.3) is 0 Å². The van der Waals surface area contributed by atoms with Crippen LogP contribution in [0.4, 0.5) is 0 Å². The van der Waals surface area contributed by atoms with Crippen LogP contribution in [-0.4, -0.2) is 78.6 Å². The highest BCUT2D eigenvalue weighted by Gasteiger charge is 2.40. The molecule has 176 valence electrons. The zero-order valence-electron chi connectivity index (χ0n) is 18.2. The van der Waals surface area contributed by atoms with Crippen LogP contribution < -0.4 is 10.1 Å². The van der Waals surface area contributed by atoms with E-state index in [1.165, 1.54) is 0 Å². The first kappa shape index (κ1) is 26.3. The molecule has 0 heterocycles. The predicted molar refractivity (Wildman–Crippen MR) is 129 cm³/mol. The number of methoxy groups -OCH3 is 1. The molecule has 1 aromatic carbocycles. The third-order valence-electron chi connectivity index (χ3n) is 5.13. The summed E-state index contributed by atoms with van der Waals surface area (Å²) in [4.78, 5) is 27.2. The Hall–Kier alpha value is -1.95. The molecule has 0 spiro atoms. The molecular formula is C23H31IN2O6. The minimum absolute atomic E-state index is 0.108. The van der Waals surface area contributed by atoms with Gasteiger partial charge in [0.15, 0.2) is 0 Å². The fourth-order valence-corrected chi connectivity index (χ4v) is 4.02. The SMILES string of the molecule is C=CCCC(=O)N(CCOC)C1CC(C(=O)NCCO)=CC(Oc2ccccc2I)C1O. The van der Waals surface area contributed by atoms with Crippen molar-refractivity contribution in [3.05, 3.63) is 52.1 Å². The zero-order valence-corrected chi connectivity index (χ0v) is 20.4. The maximum Gasteiger partial charge on any atom is 0.247 e. The number of aliphatic hydroxyl groups is 2. The molecule has 0 aromatic heterocycles. The molecule has 3 unspecified atom stereocenters. The Labute approximate surface area is 202 Å². The second-order valence-electron chi connectivity index (χ2n) is 7.35. The van der Waals surface area contributed by atoms with Gasteiger partial charge in [-0.2, -0.15) is 0 Å². The molecule has 3 N–H and O–H groups in total. The Kier molecular flexibility index (Phi) is 11.1. The Balaban J connectivity index is 2.36. The lowest BCUT2D eigenvalue weighted by molar-refractivity contribution is -0.139. The smallest absolute Gasteiger partial charge is 0.247 e. The number of ether oxygens (including phenoxy) is 2. The van der Waals surface area contributed by atoms with Crippen molar-refractivity contribution in [1.82, 2.24) is 10.2 Å². The summed E-state index contributed by atoms with van der Waals surface area (Å²) in [6, 6.07) is 6.70. The number of allylic oxidation sites excluding steroid dienone is 1. The molecule has 0 saturated carbocycles. The van der Waals surface area contributed by atoms with Gasteiger partial charge in [-0.1, -0.05) is 18.2 Å². The number of carbonyl (C=O) groups is 2. The number of aliphatic hydroxyl groups excluding tert-OH is 2. The first-order chi connectivity index (χ1) is 15.4. The number of halogens is 1. The number of carbonyl (C=O) groups excluding carboxylic acids is 2. The van der Waals surface area contributed by atoms with Gasteiger partial charge in [-0.3, -0.25) is 9.59 Å². The monoisotopic (exact) mass is 558 g/mol. The van der Waals surface area contributed by atoms with E-state index in [0.29, 0.717) is 24.4 Å². The average Bonchev–Trinajstić information content (AvgIpc) is 2.79. The Morgan fingerprint density at radius 1 is 1.38 bits per heavy atom. The number of nitrogens with one attached hydrogen (secondary N) is 1. The van der Waals surface area contributed by atoms with Crippen LogP contribution in [0.1, 0.15) is 19.3 Å². The molecule has 2 rings (SSSR count). The summed E-state index contributed by atoms with van der Waals surface area (Å²) in [6.07, 6.45) is 2.29. The third-order valence-corrected chi connectivity index (χ3v) is 6.02. The summed E-state index contributed by atoms with van der Waals surface area (Å²) >= 11 is 2.14. The topological polar surface area (TPSA) is 108 Å². The number of nitrogens with zero attached hydrogens (tertiary/aromatic N) is 1. The summed E-state index contributed by atoms with van der Waals surface area (Å²) in [5, 5.41) is 22.9. The fraction of sp³-hybridized carbons (Fsp3) is 0.478. The van der Waals surface area contributed by atoms with Gasteiger partial charge < -0.3 is 29.9 Å². The van der Waals surface area contributed by atoms with Crippen molar-refractivity contribution in [2.75, 3.05) is 33.4 Å². The van der Waals surface area contributed by atoms with Gasteiger partial charge in [0.1, 0.15) is 18.0 Å². The minimum Gasteiger partial charge on any atom is -0.482 e. The van der Waals surface area contributed by atoms with Crippen LogP contribution in [0.5, 0.6) is 5.75 Å². The predicted octanol–water partition coefficient (Wildman–Crippen LogP) is 1.65. The van der Waals surface area contributed by atoms with Crippen LogP contribution >= 0.6 is 22.6 Å². The molecule has 3 atom stereocenters. The van der Waals surface area contributed by atoms with E-state index in [2.05, 4.69) is 34.5 Å². The van der Waals surface area contributed by atoms with Crippen molar-refractivity contribution >= 4 is 34.4 Å². The first-order valence-electron chi connectivity index (χ1n) is 10.5. The van der Waals surface area contributed by atoms with E-state index in [1.54, 1.807) is 30.2 Å². The van der Waals surface area contributed by atoms with Crippen molar-refractivity contribution in [3.8, 4) is 5.75 Å². The zero-order chi connectivity index (χ0) is 23.5. The van der Waals surface area contributed by atoms with E-state index in [0.717, 1.165) is 3.57 Å². The number of hydrogen-bond acceptors (Lipinski definition) is 6. The van der Waals surface area contributed by atoms with E-state index >= 15 is 0 Å². The van der Waals surface area contributed by atoms with Gasteiger partial charge in [0.05, 0.1) is 22.8 Å². The normalized spacial score (nSPS) is 20.2. The van der Waals surface area contributed by atoms with Gasteiger partial charge in [-0.25, -0.2) is 0 Å². The summed E-state index contributed by atoms with van der Waals surface area (Å²) in [6.45, 7) is 4.15. The van der Waals surface area contributed by atoms with E-state index < -0.39 is 18.2 Å². The van der Waals surface area contributed by atoms with Gasteiger partial charge in [0.25, 0.3) is 0 Å². The van der Waals surface area contributed by atoms with E-state index in [9.17, 15) is 14.7 Å². The van der Waals surface area contributed by atoms with Crippen LogP contribution in [0.15, 0.2) is 48.6 Å². The Morgan fingerprint density at radius 2 is 2.12 bits per heavy atom. The molecule has 9 heteroatoms. The largest absolute Gasteiger partial charge is 0.482 e. The lowest BCUT2D eigenvalue weighted by atomic mass is 9.88. The van der Waals surface area contributed by atoms with Crippen molar-refractivity contribution in [2.24, 2.45) is 0 Å². The second-order valence-corrected chi connectivity index (χ2v) is 8.52. The second kappa shape index (κ2) is 13.6. The van der Waals surface area contributed by atoms with Crippen LogP contribution in [-0.2, 0) is 14.3 Å². The molecule has 1 aliphatic rings. The number of rotatable bonds is 12. The molecule has 1 aromatic rings. The minimum atomic E-state index is -1.05. The lowest BCUT2D eigenvalue weighted by Crippen LogP contribution is -2.55. The highest BCUT2D eigenvalue weighted by molar-refractivity contribution is 14.1. The molecular weight excluding hydrogens is 527 g/mol. The van der Waals surface area contributed by atoms with Crippen molar-refractivity contribution in [3.63, 3.8) is 0 Å². The number of para-hydroxylation sites is 1. The van der Waals surface area contributed by atoms with Crippen LogP contribution in [0.3, 0.4) is 0 Å². The summed E-state index contributed by atoms with van der Waals surface area (Å²) in [5.41, 5.74) is 0.392. The number of hydrogen-bond donors (Lipinski definition) is 3. The van der Waals surface area contributed by atoms with Gasteiger partial charge in [0, 0.05) is 38.6 Å². The van der Waals surface area contributed by atoms with Crippen LogP contribution in [0.2, 0.25) is 0 Å². The first-order valence-corrected chi connectivity index (χ1v) is 11.6. The highest BCUT2D eigenvalue weighted by Crippen LogP contribution is 2.30. The van der Waals surface area contributed by atoms with Gasteiger partial charge >= 0.3 is 0 Å². The molecule has 32 heavy (non-hydrogen) atoms. The average molecular weight is 558 g/mol. The van der Waals surface area contributed by atoms with E-state index in [1.807, 2.05) is 18.2 Å². The summed E-state index contributed by atoms with van der Waals surface area (Å²) in [5.74, 6) is 0.0548. The standard InChI is InChI=1S/C23H31IN2O6/c1-3-4-9-21(28)26(11-13-31-2)18-14-16(23(30)25-10-12-27)15-20(22(18)29)32-19-8-6-5-7-17(19)24/h3,5-8,15,18,20,22,27,29H,1,4,9-14H2,2H3,(H,25,30). The van der Waals surface area contributed by atoms with Crippen LogP contribution in [0, 0.1) is 3.57 Å². The van der Waals surface area contributed by atoms with Crippen molar-refractivity contribution in [1.29, 1.82) is 0 Å². The molecule has 0 aliphatic heterocycles. The quantitative estimate of drug-likeness (QED) is 0.266. The van der Waals surface area contributed by atoms with Gasteiger partial charge in [-0.05, 0) is 47.2 Å². The third kappa shape index (κ3) is 7.29. The summed E-state index contributed by atoms with van der Waals surface area (Å²) in [7, 11) is 1.54. The number of benzene rings is 1. The van der Waals surface area contributed by atoms with Crippen molar-refractivity contribution in [2.45, 2.75) is 37.5 Å². The maximum atomic E-state index is 12.9. The van der Waals surface area contributed by atoms with Crippen molar-refractivity contribution < 1.29 is 29.3 Å². The molecule has 0 bridgehead atoms. The van der Waals surface area contributed by atoms with Gasteiger partial charge in [0.2, 0.25) is 11.8 Å². The number of amides is 2. The maximum absolute atomic E-state index is 12.9. The molecule has 0 saturated heterocycles. The molecule has 0 radical (unpaired) electrons. The summed E-state index contributed by atoms with van der Waals surface area (Å²) < 4.78 is 12.1. The Morgan fingerprint density at radius 3 is 2.78 bits per heavy atom. The molecule has 0 fully saturated rings. The Bertz CT molecular complexity index is 815. The van der Waals surface area contributed by atoms with E-state index in [-0.39, 0.29) is 44.4 Å². The van der Waals surface area contributed by atoms with E-state index in [4.69, 9.17) is 14.6 Å².